The highest BCUT2D eigenvalue weighted by molar-refractivity contribution is 7.80. The minimum atomic E-state index is -0.121. The molecule has 1 unspecified atom stereocenters. The lowest BCUT2D eigenvalue weighted by molar-refractivity contribution is -0.149. The highest BCUT2D eigenvalue weighted by Crippen LogP contribution is 2.28. The van der Waals surface area contributed by atoms with Crippen LogP contribution in [0.4, 0.5) is 5.69 Å². The molecule has 4 nitrogen and oxygen atoms in total. The smallest absolute Gasteiger partial charge is 0.310 e. The Morgan fingerprint density at radius 2 is 1.92 bits per heavy atom. The zero-order valence-electron chi connectivity index (χ0n) is 15.0. The molecule has 0 radical (unpaired) electrons. The standard InChI is InChI=1S/C21H24N2O2S/c1-2-25-20(24)17-11-8-14-23(15-17)21(26)22-19-13-7-6-12-18(19)16-9-4-3-5-10-16/h3-7,9-10,12-13,17H,2,8,11,14-15H2,1H3,(H,22,26). The number of rotatable bonds is 4. The second-order valence-electron chi connectivity index (χ2n) is 6.38. The van der Waals surface area contributed by atoms with E-state index in [2.05, 4.69) is 28.4 Å². The van der Waals surface area contributed by atoms with Crippen molar-refractivity contribution < 1.29 is 9.53 Å². The van der Waals surface area contributed by atoms with Gasteiger partial charge in [-0.05, 0) is 43.6 Å². The lowest BCUT2D eigenvalue weighted by atomic mass is 9.98. The minimum Gasteiger partial charge on any atom is -0.466 e. The molecule has 1 aliphatic heterocycles. The number of esters is 1. The molecule has 1 fully saturated rings. The summed E-state index contributed by atoms with van der Waals surface area (Å²) in [7, 11) is 0. The van der Waals surface area contributed by atoms with E-state index in [1.807, 2.05) is 43.3 Å². The van der Waals surface area contributed by atoms with E-state index in [-0.39, 0.29) is 11.9 Å². The van der Waals surface area contributed by atoms with Gasteiger partial charge in [0.15, 0.2) is 5.11 Å². The Morgan fingerprint density at radius 3 is 2.69 bits per heavy atom. The molecule has 1 saturated heterocycles. The highest BCUT2D eigenvalue weighted by Gasteiger charge is 2.28. The van der Waals surface area contributed by atoms with Crippen LogP contribution in [0.3, 0.4) is 0 Å². The summed E-state index contributed by atoms with van der Waals surface area (Å²) in [4.78, 5) is 14.1. The van der Waals surface area contributed by atoms with E-state index in [0.717, 1.165) is 36.2 Å². The van der Waals surface area contributed by atoms with Gasteiger partial charge in [-0.3, -0.25) is 4.79 Å². The molecular weight excluding hydrogens is 344 g/mol. The van der Waals surface area contributed by atoms with Crippen LogP contribution in [0.2, 0.25) is 0 Å². The maximum atomic E-state index is 12.1. The van der Waals surface area contributed by atoms with Crippen molar-refractivity contribution in [1.82, 2.24) is 4.90 Å². The van der Waals surface area contributed by atoms with Gasteiger partial charge in [0.2, 0.25) is 0 Å². The summed E-state index contributed by atoms with van der Waals surface area (Å²) in [5, 5.41) is 4.03. The third-order valence-electron chi connectivity index (χ3n) is 4.58. The van der Waals surface area contributed by atoms with Crippen molar-refractivity contribution in [3.63, 3.8) is 0 Å². The molecule has 1 aliphatic rings. The lowest BCUT2D eigenvalue weighted by Crippen LogP contribution is -2.44. The molecule has 0 saturated carbocycles. The van der Waals surface area contributed by atoms with Gasteiger partial charge in [0, 0.05) is 24.3 Å². The van der Waals surface area contributed by atoms with Crippen LogP contribution in [-0.2, 0) is 9.53 Å². The Balaban J connectivity index is 1.71. The van der Waals surface area contributed by atoms with E-state index in [0.29, 0.717) is 18.3 Å². The second kappa shape index (κ2) is 8.81. The molecule has 26 heavy (non-hydrogen) atoms. The maximum Gasteiger partial charge on any atom is 0.310 e. The first-order valence-electron chi connectivity index (χ1n) is 9.06. The average molecular weight is 369 g/mol. The number of thiocarbonyl (C=S) groups is 1. The number of nitrogens with one attached hydrogen (secondary N) is 1. The number of benzene rings is 2. The fourth-order valence-electron chi connectivity index (χ4n) is 3.27. The van der Waals surface area contributed by atoms with E-state index < -0.39 is 0 Å². The van der Waals surface area contributed by atoms with Crippen molar-refractivity contribution in [3.05, 3.63) is 54.6 Å². The van der Waals surface area contributed by atoms with Crippen molar-refractivity contribution in [1.29, 1.82) is 0 Å². The molecule has 0 aliphatic carbocycles. The zero-order valence-corrected chi connectivity index (χ0v) is 15.8. The van der Waals surface area contributed by atoms with Crippen molar-refractivity contribution in [2.45, 2.75) is 19.8 Å². The topological polar surface area (TPSA) is 41.6 Å². The summed E-state index contributed by atoms with van der Waals surface area (Å²) in [5.41, 5.74) is 3.22. The Hall–Kier alpha value is -2.40. The molecule has 0 bridgehead atoms. The number of carbonyl (C=O) groups is 1. The van der Waals surface area contributed by atoms with Gasteiger partial charge in [0.25, 0.3) is 0 Å². The van der Waals surface area contributed by atoms with Crippen LogP contribution in [0.15, 0.2) is 54.6 Å². The van der Waals surface area contributed by atoms with Crippen LogP contribution in [0.1, 0.15) is 19.8 Å². The lowest BCUT2D eigenvalue weighted by Gasteiger charge is -2.33. The summed E-state index contributed by atoms with van der Waals surface area (Å²) in [6.07, 6.45) is 1.80. The molecule has 2 aromatic carbocycles. The normalized spacial score (nSPS) is 16.8. The molecule has 0 spiro atoms. The summed E-state index contributed by atoms with van der Waals surface area (Å²) in [5.74, 6) is -0.225. The molecule has 1 N–H and O–H groups in total. The SMILES string of the molecule is CCOC(=O)C1CCCN(C(=S)Nc2ccccc2-c2ccccc2)C1. The number of nitrogens with zero attached hydrogens (tertiary/aromatic N) is 1. The predicted molar refractivity (Wildman–Crippen MR) is 109 cm³/mol. The summed E-state index contributed by atoms with van der Waals surface area (Å²) in [6, 6.07) is 18.4. The number of carbonyl (C=O) groups excluding carboxylic acids is 1. The number of piperidine rings is 1. The van der Waals surface area contributed by atoms with E-state index in [4.69, 9.17) is 17.0 Å². The Morgan fingerprint density at radius 1 is 1.19 bits per heavy atom. The molecule has 1 heterocycles. The molecule has 0 aromatic heterocycles. The third-order valence-corrected chi connectivity index (χ3v) is 4.94. The maximum absolute atomic E-state index is 12.1. The Labute approximate surface area is 160 Å². The van der Waals surface area contributed by atoms with Crippen LogP contribution >= 0.6 is 12.2 Å². The summed E-state index contributed by atoms with van der Waals surface area (Å²) >= 11 is 5.63. The van der Waals surface area contributed by atoms with Gasteiger partial charge in [0.05, 0.1) is 12.5 Å². The fourth-order valence-corrected chi connectivity index (χ4v) is 3.55. The molecule has 2 aromatic rings. The fraction of sp³-hybridized carbons (Fsp3) is 0.333. The third kappa shape index (κ3) is 4.41. The zero-order chi connectivity index (χ0) is 18.4. The quantitative estimate of drug-likeness (QED) is 0.643. The first kappa shape index (κ1) is 18.4. The van der Waals surface area contributed by atoms with Crippen LogP contribution in [0.5, 0.6) is 0 Å². The van der Waals surface area contributed by atoms with Gasteiger partial charge in [-0.1, -0.05) is 48.5 Å². The van der Waals surface area contributed by atoms with Crippen LogP contribution < -0.4 is 5.32 Å². The van der Waals surface area contributed by atoms with Crippen molar-refractivity contribution in [3.8, 4) is 11.1 Å². The van der Waals surface area contributed by atoms with E-state index in [1.54, 1.807) is 0 Å². The molecule has 3 rings (SSSR count). The Bertz CT molecular complexity index is 764. The Kier molecular flexibility index (Phi) is 6.23. The highest BCUT2D eigenvalue weighted by atomic mass is 32.1. The molecule has 0 amide bonds. The van der Waals surface area contributed by atoms with Gasteiger partial charge in [-0.15, -0.1) is 0 Å². The van der Waals surface area contributed by atoms with E-state index in [1.165, 1.54) is 0 Å². The number of ether oxygens (including phenoxy) is 1. The average Bonchev–Trinajstić information content (AvgIpc) is 2.69. The number of hydrogen-bond donors (Lipinski definition) is 1. The van der Waals surface area contributed by atoms with E-state index in [9.17, 15) is 4.79 Å². The van der Waals surface area contributed by atoms with Crippen LogP contribution in [0.25, 0.3) is 11.1 Å². The largest absolute Gasteiger partial charge is 0.466 e. The van der Waals surface area contributed by atoms with Crippen LogP contribution in [-0.4, -0.2) is 35.7 Å². The van der Waals surface area contributed by atoms with Gasteiger partial charge in [0.1, 0.15) is 0 Å². The predicted octanol–water partition coefficient (Wildman–Crippen LogP) is 4.33. The van der Waals surface area contributed by atoms with Crippen molar-refractivity contribution in [2.75, 3.05) is 25.0 Å². The van der Waals surface area contributed by atoms with Gasteiger partial charge >= 0.3 is 5.97 Å². The van der Waals surface area contributed by atoms with Gasteiger partial charge in [-0.2, -0.15) is 0 Å². The summed E-state index contributed by atoms with van der Waals surface area (Å²) in [6.45, 7) is 3.72. The molecule has 5 heteroatoms. The first-order valence-corrected chi connectivity index (χ1v) is 9.47. The number of anilines is 1. The van der Waals surface area contributed by atoms with Crippen LogP contribution in [0, 0.1) is 5.92 Å². The minimum absolute atomic E-state index is 0.104. The monoisotopic (exact) mass is 368 g/mol. The number of hydrogen-bond acceptors (Lipinski definition) is 3. The molecule has 136 valence electrons. The first-order chi connectivity index (χ1) is 12.7. The molecular formula is C21H24N2O2S. The van der Waals surface area contributed by atoms with Crippen molar-refractivity contribution >= 4 is 29.0 Å². The number of likely N-dealkylation sites (tertiary alicyclic amines) is 1. The van der Waals surface area contributed by atoms with Gasteiger partial charge in [-0.25, -0.2) is 0 Å². The second-order valence-corrected chi connectivity index (χ2v) is 6.77. The summed E-state index contributed by atoms with van der Waals surface area (Å²) < 4.78 is 5.18. The van der Waals surface area contributed by atoms with E-state index >= 15 is 0 Å². The molecule has 1 atom stereocenters. The number of para-hydroxylation sites is 1. The van der Waals surface area contributed by atoms with Crippen molar-refractivity contribution in [2.24, 2.45) is 5.92 Å². The van der Waals surface area contributed by atoms with Gasteiger partial charge < -0.3 is 15.0 Å².